The van der Waals surface area contributed by atoms with Crippen LogP contribution in [0.15, 0.2) is 36.5 Å². The highest BCUT2D eigenvalue weighted by Crippen LogP contribution is 2.42. The third kappa shape index (κ3) is 3.62. The smallest absolute Gasteiger partial charge is 0.318 e. The van der Waals surface area contributed by atoms with Crippen molar-refractivity contribution in [2.45, 2.75) is 63.2 Å². The Hall–Kier alpha value is -2.67. The molecule has 1 saturated carbocycles. The molecule has 2 fully saturated rings. The average Bonchev–Trinajstić information content (AvgIpc) is 3.46. The molecule has 1 aliphatic carbocycles. The number of benzene rings is 1. The maximum absolute atomic E-state index is 13.1. The molecule has 7 nitrogen and oxygen atoms in total. The van der Waals surface area contributed by atoms with Gasteiger partial charge in [0.1, 0.15) is 0 Å². The zero-order valence-corrected chi connectivity index (χ0v) is 17.6. The van der Waals surface area contributed by atoms with Gasteiger partial charge in [0.25, 0.3) is 0 Å². The van der Waals surface area contributed by atoms with Crippen molar-refractivity contribution in [3.8, 4) is 0 Å². The van der Waals surface area contributed by atoms with Crippen LogP contribution >= 0.6 is 0 Å². The molecule has 2 N–H and O–H groups in total. The Balaban J connectivity index is 1.25. The highest BCUT2D eigenvalue weighted by atomic mass is 16.5. The highest BCUT2D eigenvalue weighted by molar-refractivity contribution is 5.77. The van der Waals surface area contributed by atoms with Gasteiger partial charge < -0.3 is 20.3 Å². The number of anilines is 1. The zero-order valence-electron chi connectivity index (χ0n) is 17.6. The molecule has 1 saturated heterocycles. The van der Waals surface area contributed by atoms with E-state index in [1.807, 2.05) is 17.2 Å². The van der Waals surface area contributed by atoms with Crippen molar-refractivity contribution in [3.63, 3.8) is 0 Å². The Labute approximate surface area is 177 Å². The fraction of sp³-hybridized carbons (Fsp3) is 0.522. The van der Waals surface area contributed by atoms with Crippen LogP contribution < -0.4 is 10.6 Å². The van der Waals surface area contributed by atoms with Gasteiger partial charge in [-0.3, -0.25) is 0 Å². The van der Waals surface area contributed by atoms with Crippen molar-refractivity contribution in [1.82, 2.24) is 20.2 Å². The zero-order chi connectivity index (χ0) is 20.7. The van der Waals surface area contributed by atoms with Crippen LogP contribution in [0.2, 0.25) is 0 Å². The predicted molar refractivity (Wildman–Crippen MR) is 114 cm³/mol. The quantitative estimate of drug-likeness (QED) is 0.812. The average molecular weight is 408 g/mol. The molecular formula is C23H29N5O2. The van der Waals surface area contributed by atoms with Crippen LogP contribution in [0.25, 0.3) is 0 Å². The lowest BCUT2D eigenvalue weighted by Gasteiger charge is -2.32. The molecule has 7 heteroatoms. The molecule has 2 atom stereocenters. The van der Waals surface area contributed by atoms with Gasteiger partial charge >= 0.3 is 6.03 Å². The summed E-state index contributed by atoms with van der Waals surface area (Å²) in [6, 6.07) is 10.9. The summed E-state index contributed by atoms with van der Waals surface area (Å²) in [5, 5.41) is 6.65. The number of carbonyl (C=O) groups excluding carboxylic acids is 1. The van der Waals surface area contributed by atoms with E-state index in [-0.39, 0.29) is 12.1 Å². The number of hydrogen-bond donors (Lipinski definition) is 2. The fourth-order valence-electron chi connectivity index (χ4n) is 4.62. The molecule has 3 heterocycles. The normalized spacial score (nSPS) is 24.9. The van der Waals surface area contributed by atoms with Crippen molar-refractivity contribution >= 4 is 12.0 Å². The number of rotatable bonds is 4. The maximum atomic E-state index is 13.1. The molecule has 158 valence electrons. The lowest BCUT2D eigenvalue weighted by atomic mass is 9.97. The van der Waals surface area contributed by atoms with Gasteiger partial charge in [-0.15, -0.1) is 0 Å². The second-order valence-corrected chi connectivity index (χ2v) is 9.04. The summed E-state index contributed by atoms with van der Waals surface area (Å²) in [7, 11) is 0. The van der Waals surface area contributed by atoms with Gasteiger partial charge in [-0.2, -0.15) is 0 Å². The van der Waals surface area contributed by atoms with E-state index in [0.29, 0.717) is 24.5 Å². The first-order valence-corrected chi connectivity index (χ1v) is 10.9. The first kappa shape index (κ1) is 19.3. The Morgan fingerprint density at radius 2 is 1.97 bits per heavy atom. The standard InChI is InChI=1S/C23H29N5O2/c1-23(2)18-13-24-21(25-16-8-10-30-11-9-16)26-20(18)14-28(23)22(29)27-19-12-17(19)15-6-4-3-5-7-15/h3-7,13,16-17,19H,8-12,14H2,1-2H3,(H,27,29)(H,24,25,26). The van der Waals surface area contributed by atoms with E-state index in [0.717, 1.165) is 43.7 Å². The molecule has 30 heavy (non-hydrogen) atoms. The number of nitrogens with zero attached hydrogens (tertiary/aromatic N) is 3. The molecular weight excluding hydrogens is 378 g/mol. The van der Waals surface area contributed by atoms with E-state index in [9.17, 15) is 4.79 Å². The summed E-state index contributed by atoms with van der Waals surface area (Å²) in [6.45, 7) is 6.18. The molecule has 0 bridgehead atoms. The van der Waals surface area contributed by atoms with Crippen LogP contribution in [0.4, 0.5) is 10.7 Å². The molecule has 2 aromatic rings. The number of amides is 2. The van der Waals surface area contributed by atoms with E-state index < -0.39 is 5.54 Å². The Morgan fingerprint density at radius 1 is 1.20 bits per heavy atom. The predicted octanol–water partition coefficient (Wildman–Crippen LogP) is 3.38. The number of ether oxygens (including phenoxy) is 1. The summed E-state index contributed by atoms with van der Waals surface area (Å²) in [6.07, 6.45) is 4.80. The minimum absolute atomic E-state index is 0.0274. The lowest BCUT2D eigenvalue weighted by molar-refractivity contribution is 0.0903. The first-order valence-electron chi connectivity index (χ1n) is 10.9. The molecule has 0 spiro atoms. The van der Waals surface area contributed by atoms with E-state index in [4.69, 9.17) is 9.72 Å². The van der Waals surface area contributed by atoms with Gasteiger partial charge in [-0.1, -0.05) is 30.3 Å². The van der Waals surface area contributed by atoms with Crippen LogP contribution in [0.3, 0.4) is 0 Å². The molecule has 1 aromatic heterocycles. The first-order chi connectivity index (χ1) is 14.5. The van der Waals surface area contributed by atoms with Crippen molar-refractivity contribution < 1.29 is 9.53 Å². The number of hydrogen-bond acceptors (Lipinski definition) is 5. The van der Waals surface area contributed by atoms with E-state index in [1.54, 1.807) is 0 Å². The third-order valence-electron chi connectivity index (χ3n) is 6.64. The SMILES string of the molecule is CC1(C)c2cnc(NC3CCOCC3)nc2CN1C(=O)NC1CC1c1ccccc1. The summed E-state index contributed by atoms with van der Waals surface area (Å²) >= 11 is 0. The summed E-state index contributed by atoms with van der Waals surface area (Å²) in [5.74, 6) is 1.06. The Bertz CT molecular complexity index is 926. The number of fused-ring (bicyclic) bond motifs is 1. The second-order valence-electron chi connectivity index (χ2n) is 9.04. The van der Waals surface area contributed by atoms with Gasteiger partial charge in [0.15, 0.2) is 0 Å². The number of carbonyl (C=O) groups is 1. The van der Waals surface area contributed by atoms with Crippen LogP contribution in [0, 0.1) is 0 Å². The van der Waals surface area contributed by atoms with Gasteiger partial charge in [0.05, 0.1) is 17.8 Å². The van der Waals surface area contributed by atoms with Gasteiger partial charge in [-0.05, 0) is 38.7 Å². The van der Waals surface area contributed by atoms with E-state index in [2.05, 4.69) is 53.7 Å². The topological polar surface area (TPSA) is 79.4 Å². The lowest BCUT2D eigenvalue weighted by Crippen LogP contribution is -2.46. The van der Waals surface area contributed by atoms with Crippen molar-refractivity contribution in [3.05, 3.63) is 53.3 Å². The maximum Gasteiger partial charge on any atom is 0.318 e. The Kier molecular flexibility index (Phi) is 4.85. The summed E-state index contributed by atoms with van der Waals surface area (Å²) in [5.41, 5.74) is 2.80. The van der Waals surface area contributed by atoms with Crippen molar-refractivity contribution in [1.29, 1.82) is 0 Å². The molecule has 1 aromatic carbocycles. The molecule has 2 unspecified atom stereocenters. The number of aromatic nitrogens is 2. The van der Waals surface area contributed by atoms with Gasteiger partial charge in [0, 0.05) is 43.0 Å². The minimum Gasteiger partial charge on any atom is -0.381 e. The van der Waals surface area contributed by atoms with Crippen molar-refractivity contribution in [2.24, 2.45) is 0 Å². The molecule has 3 aliphatic rings. The Morgan fingerprint density at radius 3 is 2.73 bits per heavy atom. The van der Waals surface area contributed by atoms with Gasteiger partial charge in [0.2, 0.25) is 5.95 Å². The molecule has 0 radical (unpaired) electrons. The van der Waals surface area contributed by atoms with Crippen LogP contribution in [0.1, 0.15) is 55.8 Å². The second kappa shape index (κ2) is 7.54. The van der Waals surface area contributed by atoms with Crippen LogP contribution in [-0.4, -0.2) is 46.2 Å². The summed E-state index contributed by atoms with van der Waals surface area (Å²) < 4.78 is 5.42. The largest absolute Gasteiger partial charge is 0.381 e. The highest BCUT2D eigenvalue weighted by Gasteiger charge is 2.45. The number of urea groups is 1. The minimum atomic E-state index is -0.437. The molecule has 5 rings (SSSR count). The summed E-state index contributed by atoms with van der Waals surface area (Å²) in [4.78, 5) is 24.3. The van der Waals surface area contributed by atoms with Crippen molar-refractivity contribution in [2.75, 3.05) is 18.5 Å². The third-order valence-corrected chi connectivity index (χ3v) is 6.64. The molecule has 2 aliphatic heterocycles. The van der Waals surface area contributed by atoms with Gasteiger partial charge in [-0.25, -0.2) is 14.8 Å². The van der Waals surface area contributed by atoms with E-state index >= 15 is 0 Å². The number of nitrogens with one attached hydrogen (secondary N) is 2. The van der Waals surface area contributed by atoms with E-state index in [1.165, 1.54) is 5.56 Å². The van der Waals surface area contributed by atoms with Crippen LogP contribution in [0.5, 0.6) is 0 Å². The van der Waals surface area contributed by atoms with Crippen LogP contribution in [-0.2, 0) is 16.8 Å². The fourth-order valence-corrected chi connectivity index (χ4v) is 4.62. The monoisotopic (exact) mass is 407 g/mol. The molecule has 2 amide bonds.